The van der Waals surface area contributed by atoms with Gasteiger partial charge < -0.3 is 0 Å². The van der Waals surface area contributed by atoms with E-state index < -0.39 is 7.42 Å². The van der Waals surface area contributed by atoms with Crippen LogP contribution < -0.4 is 0 Å². The van der Waals surface area contributed by atoms with Crippen LogP contribution in [0.25, 0.3) is 0 Å². The molecule has 0 fully saturated rings. The summed E-state index contributed by atoms with van der Waals surface area (Å²) in [6, 6.07) is 1.10. The highest BCUT2D eigenvalue weighted by atomic mass is 79.9. The van der Waals surface area contributed by atoms with Gasteiger partial charge in [-0.05, 0) is 12.5 Å². The van der Waals surface area contributed by atoms with Crippen LogP contribution in [0, 0.1) is 0 Å². The molecule has 0 aliphatic carbocycles. The van der Waals surface area contributed by atoms with Gasteiger partial charge in [-0.25, -0.2) is 0 Å². The van der Waals surface area contributed by atoms with Gasteiger partial charge in [0.2, 0.25) is 7.42 Å². The Labute approximate surface area is 159 Å². The lowest BCUT2D eigenvalue weighted by Crippen LogP contribution is -1.91. The predicted octanol–water partition coefficient (Wildman–Crippen LogP) is 8.32. The Bertz CT molecular complexity index is 204. The van der Waals surface area contributed by atoms with Gasteiger partial charge in [0.15, 0.2) is 0 Å². The molecule has 0 heterocycles. The molecule has 134 valence electrons. The first-order valence-electron chi connectivity index (χ1n) is 9.61. The standard InChI is InChI=1S/C18H37BrCl2Si/c19-17-15-13-11-9-7-5-3-1-2-4-6-8-10-12-14-16-18-22(20)21/h22H,1-18H2. The fourth-order valence-corrected chi connectivity index (χ4v) is 4.79. The third-order valence-electron chi connectivity index (χ3n) is 4.31. The lowest BCUT2D eigenvalue weighted by atomic mass is 10.0. The Balaban J connectivity index is 2.94. The molecule has 0 saturated carbocycles. The maximum absolute atomic E-state index is 5.85. The molecule has 0 bridgehead atoms. The van der Waals surface area contributed by atoms with Crippen molar-refractivity contribution in [3.05, 3.63) is 0 Å². The van der Waals surface area contributed by atoms with Crippen molar-refractivity contribution in [2.24, 2.45) is 0 Å². The lowest BCUT2D eigenvalue weighted by molar-refractivity contribution is 0.532. The maximum Gasteiger partial charge on any atom is 0.237 e. The largest absolute Gasteiger partial charge is 0.237 e. The van der Waals surface area contributed by atoms with Gasteiger partial charge in [0.1, 0.15) is 0 Å². The third kappa shape index (κ3) is 21.3. The Hall–Kier alpha value is 1.28. The number of hydrogen-bond donors (Lipinski definition) is 0. The van der Waals surface area contributed by atoms with Crippen LogP contribution in [-0.2, 0) is 0 Å². The fourth-order valence-electron chi connectivity index (χ4n) is 2.87. The summed E-state index contributed by atoms with van der Waals surface area (Å²) in [7, 11) is -1.32. The minimum absolute atomic E-state index is 1.10. The van der Waals surface area contributed by atoms with Gasteiger partial charge in [-0.1, -0.05) is 112 Å². The van der Waals surface area contributed by atoms with E-state index >= 15 is 0 Å². The fraction of sp³-hybridized carbons (Fsp3) is 1.00. The molecular formula is C18H37BrCl2Si. The first-order chi connectivity index (χ1) is 10.8. The molecule has 0 aromatic heterocycles. The molecule has 0 saturated heterocycles. The van der Waals surface area contributed by atoms with Crippen LogP contribution in [0.4, 0.5) is 0 Å². The molecule has 0 spiro atoms. The normalized spacial score (nSPS) is 11.5. The van der Waals surface area contributed by atoms with Crippen LogP contribution in [0.2, 0.25) is 6.04 Å². The first-order valence-corrected chi connectivity index (χ1v) is 15.0. The van der Waals surface area contributed by atoms with Gasteiger partial charge in [-0.2, -0.15) is 22.2 Å². The summed E-state index contributed by atoms with van der Waals surface area (Å²) >= 11 is 15.2. The molecule has 0 N–H and O–H groups in total. The molecule has 0 atom stereocenters. The molecule has 0 aliphatic rings. The lowest BCUT2D eigenvalue weighted by Gasteiger charge is -2.03. The number of hydrogen-bond acceptors (Lipinski definition) is 0. The van der Waals surface area contributed by atoms with E-state index in [0.29, 0.717) is 0 Å². The van der Waals surface area contributed by atoms with Crippen molar-refractivity contribution < 1.29 is 0 Å². The number of halogens is 3. The van der Waals surface area contributed by atoms with E-state index in [1.807, 2.05) is 0 Å². The Morgan fingerprint density at radius 2 is 0.727 bits per heavy atom. The zero-order valence-corrected chi connectivity index (χ0v) is 18.7. The second-order valence-electron chi connectivity index (χ2n) is 6.53. The van der Waals surface area contributed by atoms with Gasteiger partial charge in [-0.3, -0.25) is 0 Å². The zero-order valence-electron chi connectivity index (χ0n) is 14.4. The highest BCUT2D eigenvalue weighted by molar-refractivity contribution is 9.09. The van der Waals surface area contributed by atoms with Crippen LogP contribution in [0.5, 0.6) is 0 Å². The van der Waals surface area contributed by atoms with E-state index in [0.717, 1.165) is 6.04 Å². The van der Waals surface area contributed by atoms with Crippen molar-refractivity contribution in [3.63, 3.8) is 0 Å². The van der Waals surface area contributed by atoms with Crippen molar-refractivity contribution >= 4 is 45.5 Å². The smallest absolute Gasteiger partial charge is 0.150 e. The summed E-state index contributed by atoms with van der Waals surface area (Å²) in [4.78, 5) is 0. The summed E-state index contributed by atoms with van der Waals surface area (Å²) in [6.07, 6.45) is 22.6. The molecule has 0 rings (SSSR count). The van der Waals surface area contributed by atoms with E-state index in [1.165, 1.54) is 108 Å². The van der Waals surface area contributed by atoms with Crippen molar-refractivity contribution in [2.45, 2.75) is 109 Å². The monoisotopic (exact) mass is 430 g/mol. The van der Waals surface area contributed by atoms with Gasteiger partial charge in [0.05, 0.1) is 0 Å². The zero-order chi connectivity index (χ0) is 16.3. The molecule has 4 heteroatoms. The Kier molecular flexibility index (Phi) is 21.5. The van der Waals surface area contributed by atoms with Gasteiger partial charge >= 0.3 is 0 Å². The minimum Gasteiger partial charge on any atom is -0.150 e. The van der Waals surface area contributed by atoms with Crippen LogP contribution in [0.15, 0.2) is 0 Å². The van der Waals surface area contributed by atoms with Crippen LogP contribution >= 0.6 is 38.1 Å². The molecule has 0 amide bonds. The quantitative estimate of drug-likeness (QED) is 0.0884. The van der Waals surface area contributed by atoms with E-state index in [9.17, 15) is 0 Å². The number of rotatable bonds is 18. The van der Waals surface area contributed by atoms with Gasteiger partial charge in [0, 0.05) is 5.33 Å². The molecule has 0 aliphatic heterocycles. The molecule has 0 aromatic carbocycles. The second kappa shape index (κ2) is 20.3. The second-order valence-corrected chi connectivity index (χ2v) is 12.5. The van der Waals surface area contributed by atoms with Crippen LogP contribution in [0.3, 0.4) is 0 Å². The SMILES string of the molecule is Cl[SiH](Cl)CCCCCCCCCCCCCCCCCCBr. The third-order valence-corrected chi connectivity index (χ3v) is 7.02. The Morgan fingerprint density at radius 3 is 1.00 bits per heavy atom. The van der Waals surface area contributed by atoms with E-state index in [2.05, 4.69) is 15.9 Å². The van der Waals surface area contributed by atoms with Crippen molar-refractivity contribution in [1.82, 2.24) is 0 Å². The van der Waals surface area contributed by atoms with E-state index in [-0.39, 0.29) is 0 Å². The van der Waals surface area contributed by atoms with Crippen molar-refractivity contribution in [1.29, 1.82) is 0 Å². The average Bonchev–Trinajstić information content (AvgIpc) is 2.50. The molecular weight excluding hydrogens is 395 g/mol. The highest BCUT2D eigenvalue weighted by Gasteiger charge is 2.00. The van der Waals surface area contributed by atoms with Crippen LogP contribution in [0.1, 0.15) is 103 Å². The molecule has 0 aromatic rings. The molecule has 22 heavy (non-hydrogen) atoms. The molecule has 0 unspecified atom stereocenters. The van der Waals surface area contributed by atoms with Gasteiger partial charge in [-0.15, -0.1) is 0 Å². The Morgan fingerprint density at radius 1 is 0.455 bits per heavy atom. The maximum atomic E-state index is 5.85. The topological polar surface area (TPSA) is 0 Å². The first kappa shape index (κ1) is 23.3. The minimum atomic E-state index is -1.32. The van der Waals surface area contributed by atoms with Crippen molar-refractivity contribution in [3.8, 4) is 0 Å². The number of unbranched alkanes of at least 4 members (excludes halogenated alkanes) is 15. The molecule has 0 nitrogen and oxygen atoms in total. The van der Waals surface area contributed by atoms with E-state index in [1.54, 1.807) is 0 Å². The summed E-state index contributed by atoms with van der Waals surface area (Å²) in [5.74, 6) is 0. The average molecular weight is 432 g/mol. The van der Waals surface area contributed by atoms with E-state index in [4.69, 9.17) is 22.2 Å². The predicted molar refractivity (Wildman–Crippen MR) is 111 cm³/mol. The van der Waals surface area contributed by atoms with Gasteiger partial charge in [0.25, 0.3) is 0 Å². The summed E-state index contributed by atoms with van der Waals surface area (Å²) in [6.45, 7) is 0. The summed E-state index contributed by atoms with van der Waals surface area (Å²) in [5, 5.41) is 1.18. The summed E-state index contributed by atoms with van der Waals surface area (Å²) in [5.41, 5.74) is 0. The molecule has 0 radical (unpaired) electrons. The highest BCUT2D eigenvalue weighted by Crippen LogP contribution is 2.15. The summed E-state index contributed by atoms with van der Waals surface area (Å²) < 4.78 is 0. The van der Waals surface area contributed by atoms with Crippen molar-refractivity contribution in [2.75, 3.05) is 5.33 Å². The van der Waals surface area contributed by atoms with Crippen LogP contribution in [-0.4, -0.2) is 12.7 Å². The number of alkyl halides is 1.